The van der Waals surface area contributed by atoms with E-state index in [2.05, 4.69) is 5.32 Å². The van der Waals surface area contributed by atoms with Gasteiger partial charge in [-0.05, 0) is 18.1 Å². The highest BCUT2D eigenvalue weighted by molar-refractivity contribution is 5.98. The summed E-state index contributed by atoms with van der Waals surface area (Å²) in [7, 11) is 0. The molecule has 1 aliphatic heterocycles. The molecule has 2 heterocycles. The largest absolute Gasteiger partial charge is 0.459 e. The van der Waals surface area contributed by atoms with Gasteiger partial charge in [0.15, 0.2) is 5.76 Å². The average molecular weight is 271 g/mol. The van der Waals surface area contributed by atoms with Gasteiger partial charge in [0, 0.05) is 24.6 Å². The quantitative estimate of drug-likeness (QED) is 0.930. The molecule has 1 aliphatic rings. The summed E-state index contributed by atoms with van der Waals surface area (Å²) in [5.74, 6) is 0.616. The van der Waals surface area contributed by atoms with Crippen LogP contribution < -0.4 is 5.32 Å². The molecule has 4 heteroatoms. The number of nitrogens with one attached hydrogen (secondary N) is 1. The molecule has 20 heavy (non-hydrogen) atoms. The van der Waals surface area contributed by atoms with Crippen molar-refractivity contribution >= 4 is 5.91 Å². The number of carbonyl (C=O) groups is 1. The zero-order valence-electron chi connectivity index (χ0n) is 11.2. The van der Waals surface area contributed by atoms with Crippen molar-refractivity contribution in [1.29, 1.82) is 0 Å². The van der Waals surface area contributed by atoms with Gasteiger partial charge in [0.1, 0.15) is 0 Å². The van der Waals surface area contributed by atoms with Gasteiger partial charge in [0.25, 0.3) is 5.91 Å². The zero-order valence-corrected chi connectivity index (χ0v) is 11.2. The Labute approximate surface area is 117 Å². The van der Waals surface area contributed by atoms with Crippen LogP contribution in [0.5, 0.6) is 0 Å². The summed E-state index contributed by atoms with van der Waals surface area (Å²) in [4.78, 5) is 12.2. The second-order valence-electron chi connectivity index (χ2n) is 4.97. The van der Waals surface area contributed by atoms with Gasteiger partial charge in [-0.25, -0.2) is 0 Å². The lowest BCUT2D eigenvalue weighted by Gasteiger charge is -2.09. The molecule has 1 fully saturated rings. The van der Waals surface area contributed by atoms with Crippen LogP contribution in [0.2, 0.25) is 0 Å². The first kappa shape index (κ1) is 12.9. The van der Waals surface area contributed by atoms with Gasteiger partial charge >= 0.3 is 0 Å². The summed E-state index contributed by atoms with van der Waals surface area (Å²) < 4.78 is 10.7. The van der Waals surface area contributed by atoms with Gasteiger partial charge < -0.3 is 14.5 Å². The lowest BCUT2D eigenvalue weighted by atomic mass is 10.1. The van der Waals surface area contributed by atoms with Crippen LogP contribution in [-0.2, 0) is 4.74 Å². The minimum Gasteiger partial charge on any atom is -0.459 e. The van der Waals surface area contributed by atoms with Crippen molar-refractivity contribution in [3.63, 3.8) is 0 Å². The number of hydrogen-bond acceptors (Lipinski definition) is 3. The molecule has 0 aliphatic carbocycles. The number of amides is 1. The number of carbonyl (C=O) groups excluding carboxylic acids is 1. The number of hydrogen-bond donors (Lipinski definition) is 1. The zero-order chi connectivity index (χ0) is 13.8. The van der Waals surface area contributed by atoms with E-state index in [0.717, 1.165) is 30.8 Å². The van der Waals surface area contributed by atoms with Gasteiger partial charge in [-0.3, -0.25) is 4.79 Å². The molecule has 1 N–H and O–H groups in total. The summed E-state index contributed by atoms with van der Waals surface area (Å²) in [5, 5.41) is 2.92. The van der Waals surface area contributed by atoms with E-state index in [-0.39, 0.29) is 5.91 Å². The summed E-state index contributed by atoms with van der Waals surface area (Å²) in [5.41, 5.74) is 1.81. The fourth-order valence-corrected chi connectivity index (χ4v) is 2.39. The normalized spacial score (nSPS) is 18.1. The number of rotatable bonds is 4. The summed E-state index contributed by atoms with van der Waals surface area (Å²) in [6, 6.07) is 11.6. The van der Waals surface area contributed by atoms with Gasteiger partial charge in [0.2, 0.25) is 0 Å². The molecule has 0 unspecified atom stereocenters. The molecule has 104 valence electrons. The van der Waals surface area contributed by atoms with Gasteiger partial charge in [0.05, 0.1) is 12.9 Å². The molecule has 1 aromatic heterocycles. The van der Waals surface area contributed by atoms with Crippen molar-refractivity contribution in [1.82, 2.24) is 5.32 Å². The highest BCUT2D eigenvalue weighted by Gasteiger charge is 2.20. The molecule has 3 rings (SSSR count). The molecule has 0 saturated carbocycles. The molecule has 1 saturated heterocycles. The third kappa shape index (κ3) is 2.75. The number of ether oxygens (including phenoxy) is 1. The van der Waals surface area contributed by atoms with E-state index in [1.807, 2.05) is 36.4 Å². The molecule has 1 atom stereocenters. The van der Waals surface area contributed by atoms with Crippen molar-refractivity contribution in [3.05, 3.63) is 48.4 Å². The monoisotopic (exact) mass is 271 g/mol. The lowest BCUT2D eigenvalue weighted by Crippen LogP contribution is -2.29. The van der Waals surface area contributed by atoms with Crippen molar-refractivity contribution in [2.24, 2.45) is 5.92 Å². The predicted octanol–water partition coefficient (Wildman–Crippen LogP) is 2.71. The predicted molar refractivity (Wildman–Crippen MR) is 75.4 cm³/mol. The van der Waals surface area contributed by atoms with E-state index in [1.54, 1.807) is 6.26 Å². The molecule has 2 aromatic rings. The van der Waals surface area contributed by atoms with Gasteiger partial charge in [-0.2, -0.15) is 0 Å². The Kier molecular flexibility index (Phi) is 3.83. The van der Waals surface area contributed by atoms with Crippen LogP contribution in [0.4, 0.5) is 0 Å². The lowest BCUT2D eigenvalue weighted by molar-refractivity contribution is 0.0918. The smallest absolute Gasteiger partial charge is 0.287 e. The highest BCUT2D eigenvalue weighted by atomic mass is 16.5. The number of benzene rings is 1. The molecular formula is C16H17NO3. The average Bonchev–Trinajstić information content (AvgIpc) is 3.17. The maximum Gasteiger partial charge on any atom is 0.287 e. The topological polar surface area (TPSA) is 51.5 Å². The van der Waals surface area contributed by atoms with E-state index in [9.17, 15) is 4.79 Å². The van der Waals surface area contributed by atoms with Crippen LogP contribution in [0.3, 0.4) is 0 Å². The van der Waals surface area contributed by atoms with E-state index < -0.39 is 0 Å². The van der Waals surface area contributed by atoms with Gasteiger partial charge in [-0.15, -0.1) is 0 Å². The first-order valence-electron chi connectivity index (χ1n) is 6.83. The van der Waals surface area contributed by atoms with E-state index >= 15 is 0 Å². The van der Waals surface area contributed by atoms with Crippen LogP contribution >= 0.6 is 0 Å². The van der Waals surface area contributed by atoms with E-state index in [1.165, 1.54) is 0 Å². The van der Waals surface area contributed by atoms with Crippen LogP contribution in [-0.4, -0.2) is 25.7 Å². The summed E-state index contributed by atoms with van der Waals surface area (Å²) in [6.45, 7) is 2.15. The van der Waals surface area contributed by atoms with Crippen molar-refractivity contribution < 1.29 is 13.9 Å². The highest BCUT2D eigenvalue weighted by Crippen LogP contribution is 2.24. The van der Waals surface area contributed by atoms with E-state index in [4.69, 9.17) is 9.15 Å². The maximum absolute atomic E-state index is 12.2. The molecule has 0 radical (unpaired) electrons. The summed E-state index contributed by atoms with van der Waals surface area (Å²) in [6.07, 6.45) is 2.56. The Bertz CT molecular complexity index is 570. The SMILES string of the molecule is O=C(NC[C@@H]1CCOC1)c1occc1-c1ccccc1. The first-order chi connectivity index (χ1) is 9.84. The Morgan fingerprint density at radius 2 is 2.10 bits per heavy atom. The minimum absolute atomic E-state index is 0.166. The van der Waals surface area contributed by atoms with Crippen LogP contribution in [0.1, 0.15) is 17.0 Å². The standard InChI is InChI=1S/C16H17NO3/c18-16(17-10-12-6-8-19-11-12)15-14(7-9-20-15)13-4-2-1-3-5-13/h1-5,7,9,12H,6,8,10-11H2,(H,17,18)/t12-/m0/s1. The fraction of sp³-hybridized carbons (Fsp3) is 0.312. The Hall–Kier alpha value is -2.07. The van der Waals surface area contributed by atoms with Crippen molar-refractivity contribution in [2.75, 3.05) is 19.8 Å². The van der Waals surface area contributed by atoms with Crippen LogP contribution in [0.25, 0.3) is 11.1 Å². The Morgan fingerprint density at radius 3 is 2.85 bits per heavy atom. The molecule has 1 aromatic carbocycles. The fourth-order valence-electron chi connectivity index (χ4n) is 2.39. The Morgan fingerprint density at radius 1 is 1.25 bits per heavy atom. The second-order valence-corrected chi connectivity index (χ2v) is 4.97. The first-order valence-corrected chi connectivity index (χ1v) is 6.83. The third-order valence-electron chi connectivity index (χ3n) is 3.53. The molecule has 1 amide bonds. The van der Waals surface area contributed by atoms with E-state index in [0.29, 0.717) is 18.2 Å². The molecule has 0 bridgehead atoms. The number of furan rings is 1. The molecule has 0 spiro atoms. The third-order valence-corrected chi connectivity index (χ3v) is 3.53. The maximum atomic E-state index is 12.2. The van der Waals surface area contributed by atoms with Crippen molar-refractivity contribution in [3.8, 4) is 11.1 Å². The molecular weight excluding hydrogens is 254 g/mol. The van der Waals surface area contributed by atoms with Gasteiger partial charge in [-0.1, -0.05) is 30.3 Å². The van der Waals surface area contributed by atoms with Crippen LogP contribution in [0.15, 0.2) is 47.1 Å². The van der Waals surface area contributed by atoms with Crippen LogP contribution in [0, 0.1) is 5.92 Å². The molecule has 4 nitrogen and oxygen atoms in total. The second kappa shape index (κ2) is 5.92. The van der Waals surface area contributed by atoms with Crippen molar-refractivity contribution in [2.45, 2.75) is 6.42 Å². The Balaban J connectivity index is 1.70. The summed E-state index contributed by atoms with van der Waals surface area (Å²) >= 11 is 0. The minimum atomic E-state index is -0.166.